The average Bonchev–Trinajstić information content (AvgIpc) is 3.05. The van der Waals surface area contributed by atoms with Gasteiger partial charge in [0.1, 0.15) is 11.5 Å². The highest BCUT2D eigenvalue weighted by molar-refractivity contribution is 6.04. The van der Waals surface area contributed by atoms with E-state index in [1.165, 1.54) is 0 Å². The van der Waals surface area contributed by atoms with Crippen molar-refractivity contribution in [3.05, 3.63) is 47.5 Å². The van der Waals surface area contributed by atoms with Crippen LogP contribution in [-0.2, 0) is 9.59 Å². The van der Waals surface area contributed by atoms with Crippen molar-refractivity contribution in [3.8, 4) is 11.5 Å². The Morgan fingerprint density at radius 2 is 1.89 bits per heavy atom. The van der Waals surface area contributed by atoms with Crippen molar-refractivity contribution in [2.24, 2.45) is 5.92 Å². The number of benzene rings is 2. The van der Waals surface area contributed by atoms with Gasteiger partial charge in [-0.2, -0.15) is 0 Å². The highest BCUT2D eigenvalue weighted by Gasteiger charge is 2.36. The molecule has 0 aliphatic carbocycles. The Balaban J connectivity index is 1.77. The van der Waals surface area contributed by atoms with Gasteiger partial charge in [-0.05, 0) is 43.2 Å². The Morgan fingerprint density at radius 1 is 1.11 bits per heavy atom. The fourth-order valence-electron chi connectivity index (χ4n) is 3.23. The van der Waals surface area contributed by atoms with Gasteiger partial charge >= 0.3 is 0 Å². The van der Waals surface area contributed by atoms with Gasteiger partial charge in [-0.3, -0.25) is 9.59 Å². The number of amides is 2. The van der Waals surface area contributed by atoms with E-state index in [9.17, 15) is 9.59 Å². The number of carbonyl (C=O) groups is 2. The molecule has 1 N–H and O–H groups in total. The first-order valence-electron chi connectivity index (χ1n) is 8.83. The molecular weight excluding hydrogens is 344 g/mol. The average molecular weight is 368 g/mol. The van der Waals surface area contributed by atoms with Gasteiger partial charge in [0.25, 0.3) is 0 Å². The van der Waals surface area contributed by atoms with Crippen LogP contribution in [0.5, 0.6) is 11.5 Å². The Bertz CT molecular complexity index is 878. The smallest absolute Gasteiger partial charge is 0.229 e. The molecule has 1 saturated heterocycles. The van der Waals surface area contributed by atoms with Crippen LogP contribution in [0.25, 0.3) is 0 Å². The minimum Gasteiger partial charge on any atom is -0.497 e. The third-order valence-corrected chi connectivity index (χ3v) is 4.82. The summed E-state index contributed by atoms with van der Waals surface area (Å²) in [7, 11) is 3.12. The molecule has 6 heteroatoms. The number of nitrogens with zero attached hydrogens (tertiary/aromatic N) is 1. The molecule has 0 radical (unpaired) electrons. The highest BCUT2D eigenvalue weighted by Crippen LogP contribution is 2.36. The summed E-state index contributed by atoms with van der Waals surface area (Å²) in [4.78, 5) is 26.9. The van der Waals surface area contributed by atoms with E-state index < -0.39 is 5.92 Å². The minimum absolute atomic E-state index is 0.0976. The predicted octanol–water partition coefficient (Wildman–Crippen LogP) is 3.31. The van der Waals surface area contributed by atoms with E-state index in [0.717, 1.165) is 16.8 Å². The Morgan fingerprint density at radius 3 is 2.59 bits per heavy atom. The van der Waals surface area contributed by atoms with Gasteiger partial charge in [0.2, 0.25) is 11.8 Å². The normalized spacial score (nSPS) is 16.4. The highest BCUT2D eigenvalue weighted by atomic mass is 16.5. The molecule has 1 unspecified atom stereocenters. The van der Waals surface area contributed by atoms with Crippen LogP contribution in [0.4, 0.5) is 11.4 Å². The molecule has 2 aromatic carbocycles. The van der Waals surface area contributed by atoms with Gasteiger partial charge in [0, 0.05) is 24.7 Å². The number of methoxy groups -OCH3 is 2. The molecule has 0 bridgehead atoms. The Labute approximate surface area is 159 Å². The van der Waals surface area contributed by atoms with Crippen molar-refractivity contribution in [2.45, 2.75) is 20.3 Å². The Kier molecular flexibility index (Phi) is 5.35. The van der Waals surface area contributed by atoms with Crippen LogP contribution < -0.4 is 19.7 Å². The number of nitrogens with one attached hydrogen (secondary N) is 1. The van der Waals surface area contributed by atoms with E-state index in [-0.39, 0.29) is 18.2 Å². The molecule has 2 amide bonds. The molecule has 0 spiro atoms. The number of rotatable bonds is 5. The van der Waals surface area contributed by atoms with Crippen LogP contribution in [0, 0.1) is 19.8 Å². The van der Waals surface area contributed by atoms with E-state index in [0.29, 0.717) is 23.7 Å². The molecule has 1 heterocycles. The van der Waals surface area contributed by atoms with Crippen LogP contribution in [0.15, 0.2) is 36.4 Å². The van der Waals surface area contributed by atoms with Gasteiger partial charge in [-0.25, -0.2) is 0 Å². The second kappa shape index (κ2) is 7.70. The van der Waals surface area contributed by atoms with Crippen LogP contribution in [-0.4, -0.2) is 32.6 Å². The summed E-state index contributed by atoms with van der Waals surface area (Å²) in [6.07, 6.45) is 0.173. The van der Waals surface area contributed by atoms with E-state index in [1.54, 1.807) is 37.3 Å². The lowest BCUT2D eigenvalue weighted by Crippen LogP contribution is -2.28. The number of carbonyl (C=O) groups excluding carboxylic acids is 2. The molecule has 1 aliphatic rings. The van der Waals surface area contributed by atoms with Crippen LogP contribution >= 0.6 is 0 Å². The van der Waals surface area contributed by atoms with Gasteiger partial charge in [-0.15, -0.1) is 0 Å². The number of ether oxygens (including phenoxy) is 2. The first kappa shape index (κ1) is 18.8. The maximum Gasteiger partial charge on any atom is 0.229 e. The quantitative estimate of drug-likeness (QED) is 0.879. The van der Waals surface area contributed by atoms with Crippen LogP contribution in [0.2, 0.25) is 0 Å². The topological polar surface area (TPSA) is 67.9 Å². The van der Waals surface area contributed by atoms with E-state index in [4.69, 9.17) is 9.47 Å². The third-order valence-electron chi connectivity index (χ3n) is 4.82. The standard InChI is InChI=1S/C21H24N2O4/c1-13-5-6-14(2)17(9-13)22-21(25)15-10-20(24)23(12-15)18-8-7-16(26-3)11-19(18)27-4/h5-9,11,15H,10,12H2,1-4H3,(H,22,25). The maximum absolute atomic E-state index is 12.7. The first-order valence-corrected chi connectivity index (χ1v) is 8.83. The fourth-order valence-corrected chi connectivity index (χ4v) is 3.23. The lowest BCUT2D eigenvalue weighted by Gasteiger charge is -2.20. The zero-order valence-corrected chi connectivity index (χ0v) is 16.0. The van der Waals surface area contributed by atoms with Crippen molar-refractivity contribution in [3.63, 3.8) is 0 Å². The maximum atomic E-state index is 12.7. The molecule has 3 rings (SSSR count). The van der Waals surface area contributed by atoms with Crippen molar-refractivity contribution in [2.75, 3.05) is 31.0 Å². The summed E-state index contributed by atoms with van der Waals surface area (Å²) in [5, 5.41) is 2.96. The summed E-state index contributed by atoms with van der Waals surface area (Å²) in [6.45, 7) is 4.24. The molecular formula is C21H24N2O4. The molecule has 0 aromatic heterocycles. The van der Waals surface area contributed by atoms with Gasteiger partial charge < -0.3 is 19.7 Å². The molecule has 6 nitrogen and oxygen atoms in total. The molecule has 0 saturated carbocycles. The summed E-state index contributed by atoms with van der Waals surface area (Å²) in [6, 6.07) is 11.2. The number of hydrogen-bond acceptors (Lipinski definition) is 4. The molecule has 2 aromatic rings. The first-order chi connectivity index (χ1) is 12.9. The lowest BCUT2D eigenvalue weighted by molar-refractivity contribution is -0.122. The fraction of sp³-hybridized carbons (Fsp3) is 0.333. The molecule has 1 aliphatic heterocycles. The molecule has 27 heavy (non-hydrogen) atoms. The Hall–Kier alpha value is -3.02. The number of anilines is 2. The van der Waals surface area contributed by atoms with Crippen molar-refractivity contribution in [1.82, 2.24) is 0 Å². The summed E-state index contributed by atoms with van der Waals surface area (Å²) in [5.41, 5.74) is 3.49. The second-order valence-corrected chi connectivity index (χ2v) is 6.75. The van der Waals surface area contributed by atoms with Crippen molar-refractivity contribution >= 4 is 23.2 Å². The van der Waals surface area contributed by atoms with Crippen molar-refractivity contribution < 1.29 is 19.1 Å². The van der Waals surface area contributed by atoms with Crippen molar-refractivity contribution in [1.29, 1.82) is 0 Å². The zero-order valence-electron chi connectivity index (χ0n) is 16.0. The van der Waals surface area contributed by atoms with Gasteiger partial charge in [-0.1, -0.05) is 12.1 Å². The SMILES string of the molecule is COc1ccc(N2CC(C(=O)Nc3cc(C)ccc3C)CC2=O)c(OC)c1. The van der Waals surface area contributed by atoms with E-state index in [2.05, 4.69) is 5.32 Å². The molecule has 1 fully saturated rings. The summed E-state index contributed by atoms with van der Waals surface area (Å²) in [5.74, 6) is 0.528. The lowest BCUT2D eigenvalue weighted by atomic mass is 10.1. The van der Waals surface area contributed by atoms with Gasteiger partial charge in [0.05, 0.1) is 25.8 Å². The third kappa shape index (κ3) is 3.89. The molecule has 1 atom stereocenters. The summed E-state index contributed by atoms with van der Waals surface area (Å²) >= 11 is 0. The van der Waals surface area contributed by atoms with Gasteiger partial charge in [0.15, 0.2) is 0 Å². The van der Waals surface area contributed by atoms with Crippen LogP contribution in [0.1, 0.15) is 17.5 Å². The van der Waals surface area contributed by atoms with Crippen LogP contribution in [0.3, 0.4) is 0 Å². The summed E-state index contributed by atoms with van der Waals surface area (Å²) < 4.78 is 10.6. The predicted molar refractivity (Wildman–Crippen MR) is 105 cm³/mol. The zero-order chi connectivity index (χ0) is 19.6. The molecule has 142 valence electrons. The largest absolute Gasteiger partial charge is 0.497 e. The monoisotopic (exact) mass is 368 g/mol. The number of hydrogen-bond donors (Lipinski definition) is 1. The second-order valence-electron chi connectivity index (χ2n) is 6.75. The minimum atomic E-state index is -0.413. The number of aryl methyl sites for hydroxylation is 2. The van der Waals surface area contributed by atoms with E-state index >= 15 is 0 Å². The van der Waals surface area contributed by atoms with E-state index in [1.807, 2.05) is 32.0 Å².